The van der Waals surface area contributed by atoms with Crippen LogP contribution < -0.4 is 24.6 Å². The maximum Gasteiger partial charge on any atom is 0.281 e. The second-order valence-corrected chi connectivity index (χ2v) is 10.5. The maximum absolute atomic E-state index is 13.8. The van der Waals surface area contributed by atoms with Crippen LogP contribution in [0.15, 0.2) is 113 Å². The average Bonchev–Trinajstić information content (AvgIpc) is 3.26. The van der Waals surface area contributed by atoms with Gasteiger partial charge in [0, 0.05) is 16.7 Å². The van der Waals surface area contributed by atoms with Gasteiger partial charge in [0.2, 0.25) is 0 Å². The van der Waals surface area contributed by atoms with Crippen LogP contribution in [0.1, 0.15) is 18.1 Å². The Balaban J connectivity index is 1.43. The zero-order valence-electron chi connectivity index (χ0n) is 22.8. The summed E-state index contributed by atoms with van der Waals surface area (Å²) in [4.78, 5) is 29.6. The van der Waals surface area contributed by atoms with Crippen molar-refractivity contribution in [2.24, 2.45) is 0 Å². The molecule has 0 saturated carbocycles. The number of para-hydroxylation sites is 2. The zero-order chi connectivity index (χ0) is 29.5. The number of ether oxygens (including phenoxy) is 2. The van der Waals surface area contributed by atoms with Crippen molar-refractivity contribution in [3.05, 3.63) is 124 Å². The van der Waals surface area contributed by atoms with Gasteiger partial charge in [0.25, 0.3) is 11.8 Å². The minimum Gasteiger partial charge on any atom is -0.490 e. The first-order chi connectivity index (χ1) is 20.5. The molecule has 1 N–H and O–H groups in total. The van der Waals surface area contributed by atoms with Gasteiger partial charge < -0.3 is 14.8 Å². The van der Waals surface area contributed by atoms with Crippen molar-refractivity contribution < 1.29 is 19.1 Å². The molecule has 0 atom stereocenters. The Kier molecular flexibility index (Phi) is 9.31. The zero-order valence-corrected chi connectivity index (χ0v) is 25.2. The highest BCUT2D eigenvalue weighted by molar-refractivity contribution is 9.10. The van der Waals surface area contributed by atoms with Crippen LogP contribution in [-0.2, 0) is 16.1 Å². The van der Waals surface area contributed by atoms with Crippen LogP contribution in [0.5, 0.6) is 11.5 Å². The number of hydrogen-bond acceptors (Lipinski definition) is 5. The van der Waals surface area contributed by atoms with E-state index in [9.17, 15) is 9.59 Å². The minimum absolute atomic E-state index is 0.180. The number of carbonyl (C=O) groups excluding carboxylic acids is 2. The van der Waals surface area contributed by atoms with Crippen LogP contribution in [0.3, 0.4) is 0 Å². The van der Waals surface area contributed by atoms with E-state index in [2.05, 4.69) is 21.2 Å². The molecule has 1 saturated heterocycles. The van der Waals surface area contributed by atoms with Crippen LogP contribution in [0.25, 0.3) is 6.08 Å². The minimum atomic E-state index is -0.256. The molecule has 7 nitrogen and oxygen atoms in total. The van der Waals surface area contributed by atoms with Crippen LogP contribution in [-0.4, -0.2) is 30.1 Å². The van der Waals surface area contributed by atoms with E-state index < -0.39 is 0 Å². The number of halogens is 1. The molecule has 2 amide bonds. The summed E-state index contributed by atoms with van der Waals surface area (Å²) in [6.45, 7) is 2.48. The van der Waals surface area contributed by atoms with Gasteiger partial charge in [-0.15, -0.1) is 0 Å². The quantitative estimate of drug-likeness (QED) is 0.153. The predicted molar refractivity (Wildman–Crippen MR) is 173 cm³/mol. The van der Waals surface area contributed by atoms with Gasteiger partial charge in [-0.1, -0.05) is 82.7 Å². The van der Waals surface area contributed by atoms with E-state index in [1.54, 1.807) is 23.1 Å². The highest BCUT2D eigenvalue weighted by atomic mass is 79.9. The predicted octanol–water partition coefficient (Wildman–Crippen LogP) is 6.72. The Morgan fingerprint density at radius 2 is 1.43 bits per heavy atom. The summed E-state index contributed by atoms with van der Waals surface area (Å²) in [5.41, 5.74) is 3.51. The van der Waals surface area contributed by atoms with Crippen molar-refractivity contribution in [3.8, 4) is 11.5 Å². The molecule has 0 aliphatic carbocycles. The van der Waals surface area contributed by atoms with Gasteiger partial charge in [-0.3, -0.25) is 19.4 Å². The van der Waals surface area contributed by atoms with Crippen LogP contribution in [0, 0.1) is 0 Å². The van der Waals surface area contributed by atoms with Crippen molar-refractivity contribution in [3.63, 3.8) is 0 Å². The number of benzene rings is 4. The standard InChI is InChI=1S/C33H28BrN3O4S/c1-2-40-29-19-24(27(34)20-30(29)41-22-31(38)35-21-23-12-6-3-7-13-23)18-28-32(39)37(26-16-10-5-11-17-26)33(42)36(28)25-14-8-4-9-15-25/h3-20H,2,21-22H2,1H3,(H,35,38). The van der Waals surface area contributed by atoms with Crippen LogP contribution in [0.4, 0.5) is 11.4 Å². The van der Waals surface area contributed by atoms with Gasteiger partial charge in [-0.25, -0.2) is 0 Å². The van der Waals surface area contributed by atoms with Gasteiger partial charge in [0.05, 0.1) is 12.3 Å². The molecule has 42 heavy (non-hydrogen) atoms. The maximum atomic E-state index is 13.8. The Bertz CT molecular complexity index is 1610. The van der Waals surface area contributed by atoms with E-state index in [-0.39, 0.29) is 18.4 Å². The number of amides is 2. The molecule has 212 valence electrons. The smallest absolute Gasteiger partial charge is 0.281 e. The highest BCUT2D eigenvalue weighted by Gasteiger charge is 2.40. The number of nitrogens with zero attached hydrogens (tertiary/aromatic N) is 2. The van der Waals surface area contributed by atoms with Gasteiger partial charge in [-0.05, 0) is 72.7 Å². The third-order valence-corrected chi connectivity index (χ3v) is 7.47. The number of rotatable bonds is 10. The summed E-state index contributed by atoms with van der Waals surface area (Å²) < 4.78 is 12.4. The topological polar surface area (TPSA) is 71.1 Å². The molecule has 1 fully saturated rings. The first-order valence-electron chi connectivity index (χ1n) is 13.4. The van der Waals surface area contributed by atoms with E-state index in [0.717, 1.165) is 11.3 Å². The Labute approximate surface area is 258 Å². The number of anilines is 2. The average molecular weight is 643 g/mol. The molecule has 1 aliphatic rings. The molecule has 4 aromatic carbocycles. The Morgan fingerprint density at radius 3 is 2.05 bits per heavy atom. The summed E-state index contributed by atoms with van der Waals surface area (Å²) in [6.07, 6.45) is 1.77. The highest BCUT2D eigenvalue weighted by Crippen LogP contribution is 2.38. The molecule has 1 heterocycles. The number of thiocarbonyl (C=S) groups is 1. The largest absolute Gasteiger partial charge is 0.490 e. The van der Waals surface area contributed by atoms with Crippen molar-refractivity contribution in [2.75, 3.05) is 23.0 Å². The van der Waals surface area contributed by atoms with Gasteiger partial charge in [0.1, 0.15) is 5.70 Å². The van der Waals surface area contributed by atoms with Crippen molar-refractivity contribution in [2.45, 2.75) is 13.5 Å². The molecule has 1 aliphatic heterocycles. The van der Waals surface area contributed by atoms with Crippen molar-refractivity contribution in [1.29, 1.82) is 0 Å². The Morgan fingerprint density at radius 1 is 0.857 bits per heavy atom. The van der Waals surface area contributed by atoms with E-state index in [1.807, 2.05) is 97.9 Å². The summed E-state index contributed by atoms with van der Waals surface area (Å²) in [6, 6.07) is 32.0. The molecule has 0 spiro atoms. The van der Waals surface area contributed by atoms with E-state index in [1.165, 1.54) is 4.90 Å². The van der Waals surface area contributed by atoms with E-state index >= 15 is 0 Å². The third kappa shape index (κ3) is 6.53. The lowest BCUT2D eigenvalue weighted by Gasteiger charge is -2.20. The fraction of sp³-hybridized carbons (Fsp3) is 0.121. The lowest BCUT2D eigenvalue weighted by molar-refractivity contribution is -0.123. The lowest BCUT2D eigenvalue weighted by atomic mass is 10.1. The normalized spacial score (nSPS) is 13.9. The van der Waals surface area contributed by atoms with Crippen molar-refractivity contribution in [1.82, 2.24) is 5.32 Å². The molecule has 0 radical (unpaired) electrons. The second kappa shape index (κ2) is 13.5. The SMILES string of the molecule is CCOc1cc(C=C2C(=O)N(c3ccccc3)C(=S)N2c2ccccc2)c(Br)cc1OCC(=O)NCc1ccccc1. The third-order valence-electron chi connectivity index (χ3n) is 6.42. The first kappa shape index (κ1) is 29.0. The molecular weight excluding hydrogens is 614 g/mol. The monoisotopic (exact) mass is 641 g/mol. The van der Waals surface area contributed by atoms with Gasteiger partial charge in [-0.2, -0.15) is 0 Å². The van der Waals surface area contributed by atoms with Crippen LogP contribution in [0.2, 0.25) is 0 Å². The first-order valence-corrected chi connectivity index (χ1v) is 14.6. The Hall–Kier alpha value is -4.47. The number of nitrogens with one attached hydrogen (secondary N) is 1. The van der Waals surface area contributed by atoms with Gasteiger partial charge >= 0.3 is 0 Å². The van der Waals surface area contributed by atoms with E-state index in [0.29, 0.717) is 51.2 Å². The summed E-state index contributed by atoms with van der Waals surface area (Å²) in [7, 11) is 0. The summed E-state index contributed by atoms with van der Waals surface area (Å²) >= 11 is 9.45. The molecule has 5 rings (SSSR count). The number of hydrogen-bond donors (Lipinski definition) is 1. The lowest BCUT2D eigenvalue weighted by Crippen LogP contribution is -2.32. The summed E-state index contributed by atoms with van der Waals surface area (Å²) in [5.74, 6) is 0.339. The fourth-order valence-corrected chi connectivity index (χ4v) is 5.27. The second-order valence-electron chi connectivity index (χ2n) is 9.26. The molecule has 0 unspecified atom stereocenters. The molecule has 0 bridgehead atoms. The van der Waals surface area contributed by atoms with Crippen LogP contribution >= 0.6 is 28.1 Å². The molecular formula is C33H28BrN3O4S. The fourth-order valence-electron chi connectivity index (χ4n) is 4.44. The molecule has 4 aromatic rings. The van der Waals surface area contributed by atoms with Crippen molar-refractivity contribution >= 4 is 62.5 Å². The molecule has 0 aromatic heterocycles. The number of carbonyl (C=O) groups is 2. The summed E-state index contributed by atoms with van der Waals surface area (Å²) in [5, 5.41) is 3.21. The molecule has 9 heteroatoms. The van der Waals surface area contributed by atoms with E-state index in [4.69, 9.17) is 21.7 Å². The van der Waals surface area contributed by atoms with Gasteiger partial charge in [0.15, 0.2) is 23.2 Å².